The fraction of sp³-hybridized carbons (Fsp3) is 0.571. The van der Waals surface area contributed by atoms with Crippen molar-refractivity contribution in [2.75, 3.05) is 0 Å². The van der Waals surface area contributed by atoms with E-state index in [2.05, 4.69) is 37.5 Å². The quantitative estimate of drug-likeness (QED) is 0.681. The molecule has 0 heterocycles. The maximum absolute atomic E-state index is 12.4. The lowest BCUT2D eigenvalue weighted by molar-refractivity contribution is -0.130. The van der Waals surface area contributed by atoms with E-state index in [9.17, 15) is 9.59 Å². The second-order valence-corrected chi connectivity index (χ2v) is 8.02. The Morgan fingerprint density at radius 1 is 1.22 bits per heavy atom. The van der Waals surface area contributed by atoms with E-state index in [1.165, 1.54) is 0 Å². The van der Waals surface area contributed by atoms with Gasteiger partial charge in [0.1, 0.15) is 5.78 Å². The molecule has 0 aliphatic heterocycles. The van der Waals surface area contributed by atoms with Gasteiger partial charge in [0.15, 0.2) is 5.78 Å². The Balaban J connectivity index is 1.82. The van der Waals surface area contributed by atoms with Gasteiger partial charge in [0.25, 0.3) is 0 Å². The highest BCUT2D eigenvalue weighted by Gasteiger charge is 2.58. The fourth-order valence-corrected chi connectivity index (χ4v) is 5.95. The summed E-state index contributed by atoms with van der Waals surface area (Å²) in [7, 11) is 0. The molecule has 0 aromatic carbocycles. The summed E-state index contributed by atoms with van der Waals surface area (Å²) in [5.74, 6) is 2.06. The van der Waals surface area contributed by atoms with Gasteiger partial charge in [-0.3, -0.25) is 9.59 Å². The van der Waals surface area contributed by atoms with Gasteiger partial charge in [-0.25, -0.2) is 0 Å². The van der Waals surface area contributed by atoms with Crippen molar-refractivity contribution in [1.29, 1.82) is 0 Å². The van der Waals surface area contributed by atoms with E-state index in [0.717, 1.165) is 37.7 Å². The molecule has 0 radical (unpaired) electrons. The van der Waals surface area contributed by atoms with Crippen molar-refractivity contribution in [2.24, 2.45) is 28.6 Å². The first-order valence-electron chi connectivity index (χ1n) is 8.85. The molecule has 0 bridgehead atoms. The van der Waals surface area contributed by atoms with Crippen LogP contribution in [0.5, 0.6) is 0 Å². The molecule has 2 heteroatoms. The van der Waals surface area contributed by atoms with E-state index in [0.29, 0.717) is 30.0 Å². The molecule has 0 spiro atoms. The predicted molar refractivity (Wildman–Crippen MR) is 89.7 cm³/mol. The zero-order valence-electron chi connectivity index (χ0n) is 13.8. The molecular weight excluding hydrogens is 284 g/mol. The molecule has 0 saturated heterocycles. The predicted octanol–water partition coefficient (Wildman–Crippen LogP) is 4.18. The van der Waals surface area contributed by atoms with Crippen LogP contribution in [0.1, 0.15) is 45.4 Å². The van der Waals surface area contributed by atoms with Gasteiger partial charge in [-0.05, 0) is 61.2 Å². The van der Waals surface area contributed by atoms with Crippen molar-refractivity contribution in [2.45, 2.75) is 45.4 Å². The first kappa shape index (κ1) is 14.9. The summed E-state index contributed by atoms with van der Waals surface area (Å²) in [4.78, 5) is 24.3. The van der Waals surface area contributed by atoms with Crippen molar-refractivity contribution in [3.63, 3.8) is 0 Å². The number of carbonyl (C=O) groups excluding carboxylic acids is 2. The minimum atomic E-state index is -0.129. The second-order valence-electron chi connectivity index (χ2n) is 8.02. The van der Waals surface area contributed by atoms with Crippen LogP contribution in [0.15, 0.2) is 42.2 Å². The Bertz CT molecular complexity index is 691. The minimum absolute atomic E-state index is 0.0952. The van der Waals surface area contributed by atoms with Gasteiger partial charge < -0.3 is 0 Å². The van der Waals surface area contributed by atoms with E-state index in [1.54, 1.807) is 0 Å². The Kier molecular flexibility index (Phi) is 3.19. The van der Waals surface area contributed by atoms with Crippen molar-refractivity contribution < 1.29 is 9.59 Å². The molecule has 0 unspecified atom stereocenters. The van der Waals surface area contributed by atoms with Gasteiger partial charge in [-0.2, -0.15) is 0 Å². The van der Waals surface area contributed by atoms with Crippen LogP contribution in [0.25, 0.3) is 0 Å². The Hall–Kier alpha value is -1.66. The summed E-state index contributed by atoms with van der Waals surface area (Å²) in [6.07, 6.45) is 13.7. The standard InChI is InChI=1S/C21H24O2/c1-3-10-21-12-8-15(22)13-14(21)4-5-16-17-6-7-19(23)20(17,2)11-9-18(16)21/h4-5,10,13,16-18H,1,6-9,11-12H2,2H3/t16-,17-,18-,20-,21-/m0/s1. The van der Waals surface area contributed by atoms with Crippen LogP contribution in [-0.2, 0) is 9.59 Å². The van der Waals surface area contributed by atoms with Crippen LogP contribution in [0.2, 0.25) is 0 Å². The highest BCUT2D eigenvalue weighted by atomic mass is 16.1. The largest absolute Gasteiger partial charge is 0.299 e. The highest BCUT2D eigenvalue weighted by molar-refractivity contribution is 5.92. The van der Waals surface area contributed by atoms with Gasteiger partial charge in [-0.15, -0.1) is 5.73 Å². The first-order valence-corrected chi connectivity index (χ1v) is 8.85. The third-order valence-corrected chi connectivity index (χ3v) is 7.20. The fourth-order valence-electron chi connectivity index (χ4n) is 5.95. The van der Waals surface area contributed by atoms with E-state index < -0.39 is 0 Å². The molecule has 2 saturated carbocycles. The zero-order chi connectivity index (χ0) is 16.2. The minimum Gasteiger partial charge on any atom is -0.299 e. The molecule has 0 amide bonds. The van der Waals surface area contributed by atoms with Gasteiger partial charge >= 0.3 is 0 Å². The molecule has 4 rings (SSSR count). The molecule has 120 valence electrons. The van der Waals surface area contributed by atoms with Gasteiger partial charge in [0.05, 0.1) is 0 Å². The maximum Gasteiger partial charge on any atom is 0.156 e. The lowest BCUT2D eigenvalue weighted by Gasteiger charge is -2.54. The Morgan fingerprint density at radius 2 is 2.04 bits per heavy atom. The van der Waals surface area contributed by atoms with Crippen molar-refractivity contribution in [3.8, 4) is 0 Å². The van der Waals surface area contributed by atoms with Crippen molar-refractivity contribution in [3.05, 3.63) is 42.2 Å². The smallest absolute Gasteiger partial charge is 0.156 e. The average molecular weight is 308 g/mol. The second kappa shape index (κ2) is 4.92. The molecular formula is C21H24O2. The Morgan fingerprint density at radius 3 is 2.83 bits per heavy atom. The molecule has 2 nitrogen and oxygen atoms in total. The van der Waals surface area contributed by atoms with Crippen LogP contribution in [-0.4, -0.2) is 11.6 Å². The van der Waals surface area contributed by atoms with Crippen LogP contribution < -0.4 is 0 Å². The summed E-state index contributed by atoms with van der Waals surface area (Å²) in [6.45, 7) is 6.00. The third-order valence-electron chi connectivity index (χ3n) is 7.20. The van der Waals surface area contributed by atoms with E-state index in [1.807, 2.05) is 6.08 Å². The normalized spacial score (nSPS) is 44.7. The molecule has 2 fully saturated rings. The third kappa shape index (κ3) is 1.88. The number of Topliss-reactive ketones (excluding diaryl/α,β-unsaturated/α-hetero) is 1. The van der Waals surface area contributed by atoms with Gasteiger partial charge in [0.2, 0.25) is 0 Å². The number of ketones is 2. The van der Waals surface area contributed by atoms with Crippen LogP contribution in [0, 0.1) is 28.6 Å². The summed E-state index contributed by atoms with van der Waals surface area (Å²) in [5, 5.41) is 0. The van der Waals surface area contributed by atoms with Crippen LogP contribution in [0.4, 0.5) is 0 Å². The SMILES string of the molecule is C=C=C[C@]12CCC(=O)C=C1C=C[C@@H]1[C@@H]2CC[C@]2(C)C(=O)CC[C@@H]12. The van der Waals surface area contributed by atoms with Crippen molar-refractivity contribution >= 4 is 11.6 Å². The number of carbonyl (C=O) groups is 2. The van der Waals surface area contributed by atoms with Gasteiger partial charge in [-0.1, -0.05) is 25.7 Å². The molecule has 0 aromatic rings. The maximum atomic E-state index is 12.4. The number of rotatable bonds is 1. The summed E-state index contributed by atoms with van der Waals surface area (Å²) < 4.78 is 0. The summed E-state index contributed by atoms with van der Waals surface area (Å²) in [5.41, 5.74) is 3.94. The van der Waals surface area contributed by atoms with E-state index >= 15 is 0 Å². The molecule has 0 N–H and O–H groups in total. The van der Waals surface area contributed by atoms with Gasteiger partial charge in [0, 0.05) is 23.7 Å². The number of allylic oxidation sites excluding steroid dienone is 5. The zero-order valence-corrected chi connectivity index (χ0v) is 13.8. The molecule has 4 aliphatic rings. The van der Waals surface area contributed by atoms with Crippen LogP contribution >= 0.6 is 0 Å². The molecule has 5 atom stereocenters. The summed E-state index contributed by atoms with van der Waals surface area (Å²) >= 11 is 0. The van der Waals surface area contributed by atoms with Crippen LogP contribution in [0.3, 0.4) is 0 Å². The van der Waals surface area contributed by atoms with E-state index in [4.69, 9.17) is 0 Å². The van der Waals surface area contributed by atoms with Crippen molar-refractivity contribution in [1.82, 2.24) is 0 Å². The Labute approximate surface area is 138 Å². The molecule has 4 aliphatic carbocycles. The summed E-state index contributed by atoms with van der Waals surface area (Å²) in [6, 6.07) is 0. The van der Waals surface area contributed by atoms with E-state index in [-0.39, 0.29) is 16.6 Å². The highest BCUT2D eigenvalue weighted by Crippen LogP contribution is 2.63. The topological polar surface area (TPSA) is 34.1 Å². The average Bonchev–Trinajstić information content (AvgIpc) is 2.84. The molecule has 0 aromatic heterocycles. The lowest BCUT2D eigenvalue weighted by atomic mass is 9.49. The molecule has 23 heavy (non-hydrogen) atoms. The number of fused-ring (bicyclic) bond motifs is 5. The number of hydrogen-bond acceptors (Lipinski definition) is 2. The first-order chi connectivity index (χ1) is 11.0. The lowest BCUT2D eigenvalue weighted by Crippen LogP contribution is -2.49. The number of hydrogen-bond donors (Lipinski definition) is 0. The monoisotopic (exact) mass is 308 g/mol.